The molecule has 1 aliphatic rings. The molecule has 0 spiro atoms. The Kier molecular flexibility index (Phi) is 4.68. The third kappa shape index (κ3) is 3.32. The van der Waals surface area contributed by atoms with Gasteiger partial charge in [-0.3, -0.25) is 0 Å². The summed E-state index contributed by atoms with van der Waals surface area (Å²) in [7, 11) is 3.33. The molecule has 4 heteroatoms. The van der Waals surface area contributed by atoms with E-state index in [0.717, 1.165) is 29.7 Å². The minimum absolute atomic E-state index is 0.176. The van der Waals surface area contributed by atoms with Gasteiger partial charge in [0.1, 0.15) is 11.9 Å². The summed E-state index contributed by atoms with van der Waals surface area (Å²) in [6, 6.07) is 5.81. The molecule has 20 heavy (non-hydrogen) atoms. The van der Waals surface area contributed by atoms with Crippen LogP contribution in [0.25, 0.3) is 0 Å². The zero-order valence-electron chi connectivity index (χ0n) is 12.7. The highest BCUT2D eigenvalue weighted by Gasteiger charge is 2.32. The first-order chi connectivity index (χ1) is 9.46. The summed E-state index contributed by atoms with van der Waals surface area (Å²) in [6.07, 6.45) is 0.788. The van der Waals surface area contributed by atoms with Gasteiger partial charge < -0.3 is 19.3 Å². The number of hydrogen-bond donors (Lipinski definition) is 1. The lowest BCUT2D eigenvalue weighted by Gasteiger charge is -2.24. The average molecular weight is 280 g/mol. The lowest BCUT2D eigenvalue weighted by molar-refractivity contribution is -0.0583. The topological polar surface area (TPSA) is 47.9 Å². The van der Waals surface area contributed by atoms with Gasteiger partial charge in [0, 0.05) is 20.1 Å². The Bertz CT molecular complexity index is 456. The molecule has 0 heterocycles. The first-order valence-corrected chi connectivity index (χ1v) is 6.98. The van der Waals surface area contributed by atoms with Crippen molar-refractivity contribution in [1.82, 2.24) is 0 Å². The normalized spacial score (nSPS) is 21.9. The molecule has 2 atom stereocenters. The van der Waals surface area contributed by atoms with Gasteiger partial charge in [-0.1, -0.05) is 6.07 Å². The van der Waals surface area contributed by atoms with Crippen molar-refractivity contribution < 1.29 is 19.3 Å². The summed E-state index contributed by atoms with van der Waals surface area (Å²) in [5, 5.41) is 10.3. The standard InChI is InChI=1S/C16H24O4/c1-16(2,19-4)7-8-20-14-9-11-5-6-12(18-3)10-13(11)15(14)17/h5-6,10,14-15,17H,7-9H2,1-4H3. The van der Waals surface area contributed by atoms with Crippen LogP contribution in [0.1, 0.15) is 37.5 Å². The van der Waals surface area contributed by atoms with Gasteiger partial charge in [-0.2, -0.15) is 0 Å². The molecule has 0 amide bonds. The highest BCUT2D eigenvalue weighted by molar-refractivity contribution is 5.41. The van der Waals surface area contributed by atoms with Crippen molar-refractivity contribution in [2.75, 3.05) is 20.8 Å². The third-order valence-electron chi connectivity index (χ3n) is 4.03. The van der Waals surface area contributed by atoms with Crippen molar-refractivity contribution >= 4 is 0 Å². The smallest absolute Gasteiger partial charge is 0.119 e. The van der Waals surface area contributed by atoms with Gasteiger partial charge in [-0.15, -0.1) is 0 Å². The van der Waals surface area contributed by atoms with Crippen molar-refractivity contribution in [3.8, 4) is 5.75 Å². The zero-order valence-corrected chi connectivity index (χ0v) is 12.7. The fourth-order valence-electron chi connectivity index (χ4n) is 2.40. The van der Waals surface area contributed by atoms with E-state index in [1.807, 2.05) is 32.0 Å². The molecule has 0 fully saturated rings. The average Bonchev–Trinajstić information content (AvgIpc) is 2.75. The summed E-state index contributed by atoms with van der Waals surface area (Å²) >= 11 is 0. The van der Waals surface area contributed by atoms with E-state index in [9.17, 15) is 5.11 Å². The summed E-state index contributed by atoms with van der Waals surface area (Å²) in [6.45, 7) is 4.63. The quantitative estimate of drug-likeness (QED) is 0.869. The second-order valence-electron chi connectivity index (χ2n) is 5.84. The van der Waals surface area contributed by atoms with Gasteiger partial charge in [-0.05, 0) is 43.5 Å². The first-order valence-electron chi connectivity index (χ1n) is 6.98. The predicted octanol–water partition coefficient (Wildman–Crippen LogP) is 2.49. The van der Waals surface area contributed by atoms with E-state index in [1.165, 1.54) is 0 Å². The minimum Gasteiger partial charge on any atom is -0.497 e. The van der Waals surface area contributed by atoms with Crippen LogP contribution in [-0.4, -0.2) is 37.6 Å². The van der Waals surface area contributed by atoms with Crippen LogP contribution in [0.2, 0.25) is 0 Å². The summed E-state index contributed by atoms with van der Waals surface area (Å²) in [5.41, 5.74) is 1.86. The van der Waals surface area contributed by atoms with E-state index in [-0.39, 0.29) is 11.7 Å². The molecule has 1 aromatic rings. The van der Waals surface area contributed by atoms with Crippen LogP contribution in [0.3, 0.4) is 0 Å². The van der Waals surface area contributed by atoms with E-state index in [2.05, 4.69) is 0 Å². The van der Waals surface area contributed by atoms with Crippen molar-refractivity contribution in [1.29, 1.82) is 0 Å². The van der Waals surface area contributed by atoms with E-state index in [0.29, 0.717) is 6.61 Å². The van der Waals surface area contributed by atoms with Crippen LogP contribution in [0.5, 0.6) is 5.75 Å². The van der Waals surface area contributed by atoms with Gasteiger partial charge in [0.05, 0.1) is 18.8 Å². The molecule has 0 aromatic heterocycles. The number of hydrogen-bond acceptors (Lipinski definition) is 4. The Labute approximate surface area is 120 Å². The van der Waals surface area contributed by atoms with Crippen LogP contribution in [0.4, 0.5) is 0 Å². The predicted molar refractivity (Wildman–Crippen MR) is 77.1 cm³/mol. The monoisotopic (exact) mass is 280 g/mol. The Balaban J connectivity index is 1.94. The molecular formula is C16H24O4. The van der Waals surface area contributed by atoms with Gasteiger partial charge in [0.2, 0.25) is 0 Å². The summed E-state index contributed by atoms with van der Waals surface area (Å²) in [5.74, 6) is 0.768. The maximum Gasteiger partial charge on any atom is 0.119 e. The molecule has 1 aromatic carbocycles. The summed E-state index contributed by atoms with van der Waals surface area (Å²) < 4.78 is 16.4. The Morgan fingerprint density at radius 1 is 1.30 bits per heavy atom. The van der Waals surface area contributed by atoms with E-state index in [1.54, 1.807) is 14.2 Å². The SMILES string of the molecule is COc1ccc2c(c1)C(O)C(OCCC(C)(C)OC)C2. The first kappa shape index (κ1) is 15.3. The number of aliphatic hydroxyl groups is 1. The molecule has 0 aliphatic heterocycles. The van der Waals surface area contributed by atoms with Crippen molar-refractivity contribution in [2.45, 2.75) is 44.5 Å². The van der Waals surface area contributed by atoms with Crippen molar-refractivity contribution in [2.24, 2.45) is 0 Å². The zero-order chi connectivity index (χ0) is 14.8. The molecule has 1 aliphatic carbocycles. The molecule has 1 N–H and O–H groups in total. The number of aliphatic hydroxyl groups excluding tert-OH is 1. The lowest BCUT2D eigenvalue weighted by atomic mass is 10.1. The second-order valence-corrected chi connectivity index (χ2v) is 5.84. The largest absolute Gasteiger partial charge is 0.497 e. The highest BCUT2D eigenvalue weighted by atomic mass is 16.5. The molecule has 2 unspecified atom stereocenters. The highest BCUT2D eigenvalue weighted by Crippen LogP contribution is 2.35. The third-order valence-corrected chi connectivity index (χ3v) is 4.03. The van der Waals surface area contributed by atoms with E-state index < -0.39 is 6.10 Å². The number of methoxy groups -OCH3 is 2. The van der Waals surface area contributed by atoms with Crippen LogP contribution in [0, 0.1) is 0 Å². The number of benzene rings is 1. The molecule has 4 nitrogen and oxygen atoms in total. The van der Waals surface area contributed by atoms with Crippen molar-refractivity contribution in [3.05, 3.63) is 29.3 Å². The molecule has 0 saturated heterocycles. The molecule has 0 saturated carbocycles. The van der Waals surface area contributed by atoms with Crippen molar-refractivity contribution in [3.63, 3.8) is 0 Å². The van der Waals surface area contributed by atoms with Crippen LogP contribution in [-0.2, 0) is 15.9 Å². The maximum atomic E-state index is 10.3. The molecule has 0 radical (unpaired) electrons. The van der Waals surface area contributed by atoms with Gasteiger partial charge in [-0.25, -0.2) is 0 Å². The fraction of sp³-hybridized carbons (Fsp3) is 0.625. The van der Waals surface area contributed by atoms with Gasteiger partial charge >= 0.3 is 0 Å². The molecule has 0 bridgehead atoms. The molecule has 112 valence electrons. The lowest BCUT2D eigenvalue weighted by Crippen LogP contribution is -2.27. The second kappa shape index (κ2) is 6.12. The van der Waals surface area contributed by atoms with E-state index >= 15 is 0 Å². The maximum absolute atomic E-state index is 10.3. The Hall–Kier alpha value is -1.10. The summed E-state index contributed by atoms with van der Waals surface area (Å²) in [4.78, 5) is 0. The Morgan fingerprint density at radius 2 is 2.05 bits per heavy atom. The minimum atomic E-state index is -0.578. The van der Waals surface area contributed by atoms with Gasteiger partial charge in [0.25, 0.3) is 0 Å². The van der Waals surface area contributed by atoms with Gasteiger partial charge in [0.15, 0.2) is 0 Å². The number of fused-ring (bicyclic) bond motifs is 1. The van der Waals surface area contributed by atoms with E-state index in [4.69, 9.17) is 14.2 Å². The number of rotatable bonds is 6. The fourth-order valence-corrected chi connectivity index (χ4v) is 2.40. The molecular weight excluding hydrogens is 256 g/mol. The Morgan fingerprint density at radius 3 is 2.70 bits per heavy atom. The van der Waals surface area contributed by atoms with Crippen LogP contribution < -0.4 is 4.74 Å². The van der Waals surface area contributed by atoms with Crippen LogP contribution >= 0.6 is 0 Å². The van der Waals surface area contributed by atoms with Crippen LogP contribution in [0.15, 0.2) is 18.2 Å². The number of ether oxygens (including phenoxy) is 3. The molecule has 2 rings (SSSR count).